The van der Waals surface area contributed by atoms with Gasteiger partial charge in [-0.15, -0.1) is 0 Å². The van der Waals surface area contributed by atoms with Gasteiger partial charge in [0, 0.05) is 30.1 Å². The zero-order valence-electron chi connectivity index (χ0n) is 27.6. The van der Waals surface area contributed by atoms with E-state index in [9.17, 15) is 24.0 Å². The molecule has 9 nitrogen and oxygen atoms in total. The number of rotatable bonds is 11. The van der Waals surface area contributed by atoms with Crippen LogP contribution < -0.4 is 4.90 Å². The highest BCUT2D eigenvalue weighted by Gasteiger charge is 2.40. The van der Waals surface area contributed by atoms with Crippen LogP contribution in [0.5, 0.6) is 0 Å². The van der Waals surface area contributed by atoms with Gasteiger partial charge in [0.1, 0.15) is 6.17 Å². The number of fused-ring (bicyclic) bond motifs is 2. The first kappa shape index (κ1) is 33.6. The predicted octanol–water partition coefficient (Wildman–Crippen LogP) is 6.45. The van der Waals surface area contributed by atoms with Gasteiger partial charge in [0.2, 0.25) is 0 Å². The fourth-order valence-electron chi connectivity index (χ4n) is 6.55. The van der Waals surface area contributed by atoms with Gasteiger partial charge in [0.15, 0.2) is 5.78 Å². The van der Waals surface area contributed by atoms with Gasteiger partial charge in [-0.25, -0.2) is 0 Å². The van der Waals surface area contributed by atoms with E-state index < -0.39 is 18.0 Å². The Morgan fingerprint density at radius 2 is 1.43 bits per heavy atom. The summed E-state index contributed by atoms with van der Waals surface area (Å²) in [4.78, 5) is 74.3. The molecule has 2 aliphatic rings. The van der Waals surface area contributed by atoms with Crippen molar-refractivity contribution in [2.24, 2.45) is 5.92 Å². The second-order valence-corrected chi connectivity index (χ2v) is 13.3. The first-order valence-electron chi connectivity index (χ1n) is 16.3. The summed E-state index contributed by atoms with van der Waals surface area (Å²) in [6, 6.07) is 28.5. The van der Waals surface area contributed by atoms with E-state index in [4.69, 9.17) is 11.6 Å². The summed E-state index contributed by atoms with van der Waals surface area (Å²) >= 11 is 6.49. The predicted molar refractivity (Wildman–Crippen MR) is 187 cm³/mol. The van der Waals surface area contributed by atoms with Gasteiger partial charge in [-0.05, 0) is 60.9 Å². The van der Waals surface area contributed by atoms with Crippen LogP contribution in [0.1, 0.15) is 72.8 Å². The van der Waals surface area contributed by atoms with E-state index in [0.717, 1.165) is 16.0 Å². The van der Waals surface area contributed by atoms with Crippen molar-refractivity contribution >= 4 is 46.7 Å². The Morgan fingerprint density at radius 3 is 2.06 bits per heavy atom. The molecule has 49 heavy (non-hydrogen) atoms. The van der Waals surface area contributed by atoms with Crippen LogP contribution in [0.15, 0.2) is 97.1 Å². The van der Waals surface area contributed by atoms with E-state index in [0.29, 0.717) is 39.5 Å². The van der Waals surface area contributed by atoms with E-state index >= 15 is 0 Å². The molecule has 0 fully saturated rings. The highest BCUT2D eigenvalue weighted by Crippen LogP contribution is 2.35. The van der Waals surface area contributed by atoms with Crippen molar-refractivity contribution < 1.29 is 24.0 Å². The monoisotopic (exact) mass is 676 g/mol. The molecule has 0 aromatic heterocycles. The van der Waals surface area contributed by atoms with Gasteiger partial charge < -0.3 is 14.7 Å². The van der Waals surface area contributed by atoms with E-state index in [2.05, 4.69) is 0 Å². The number of hydrogen-bond acceptors (Lipinski definition) is 6. The van der Waals surface area contributed by atoms with E-state index in [1.54, 1.807) is 64.4 Å². The summed E-state index contributed by atoms with van der Waals surface area (Å²) in [6.45, 7) is 5.96. The molecule has 0 bridgehead atoms. The molecule has 4 amide bonds. The van der Waals surface area contributed by atoms with Crippen molar-refractivity contribution in [3.8, 4) is 0 Å². The Balaban J connectivity index is 1.33. The molecule has 0 aliphatic carbocycles. The summed E-state index contributed by atoms with van der Waals surface area (Å²) < 4.78 is 0. The van der Waals surface area contributed by atoms with Crippen LogP contribution >= 0.6 is 11.6 Å². The number of ketones is 1. The SMILES string of the molecule is Cc1ccc(C(=O)N(CC(=O)CCN2C(=O)c3ccccc3C2=O)C(C(C)C)N2CN(Cc3ccccc3)C(=O)c3ccc(Cl)cc32)cc1. The number of amides is 4. The van der Waals surface area contributed by atoms with Gasteiger partial charge in [-0.1, -0.05) is 85.6 Å². The number of Topliss-reactive ketones (excluding diaryl/α,β-unsaturated/α-hetero) is 1. The first-order valence-corrected chi connectivity index (χ1v) is 16.6. The number of anilines is 1. The lowest BCUT2D eigenvalue weighted by atomic mass is 10.0. The summed E-state index contributed by atoms with van der Waals surface area (Å²) in [5.74, 6) is -1.93. The molecule has 0 N–H and O–H groups in total. The van der Waals surface area contributed by atoms with Gasteiger partial charge in [0.25, 0.3) is 23.6 Å². The molecule has 1 unspecified atom stereocenters. The molecule has 0 spiro atoms. The minimum Gasteiger partial charge on any atom is -0.332 e. The molecule has 10 heteroatoms. The zero-order chi connectivity index (χ0) is 34.8. The lowest BCUT2D eigenvalue weighted by molar-refractivity contribution is -0.120. The average Bonchev–Trinajstić information content (AvgIpc) is 3.34. The smallest absolute Gasteiger partial charge is 0.261 e. The molecule has 4 aromatic rings. The third kappa shape index (κ3) is 6.85. The van der Waals surface area contributed by atoms with Crippen LogP contribution in [0.25, 0.3) is 0 Å². The van der Waals surface area contributed by atoms with Crippen LogP contribution in [0.3, 0.4) is 0 Å². The molecular weight excluding hydrogens is 640 g/mol. The molecule has 4 aromatic carbocycles. The van der Waals surface area contributed by atoms with Crippen molar-refractivity contribution in [2.45, 2.75) is 39.9 Å². The third-order valence-electron chi connectivity index (χ3n) is 8.96. The molecule has 2 aliphatic heterocycles. The topological polar surface area (TPSA) is 98.3 Å². The Hall–Kier alpha value is -5.28. The zero-order valence-corrected chi connectivity index (χ0v) is 28.4. The van der Waals surface area contributed by atoms with Gasteiger partial charge in [-0.3, -0.25) is 28.9 Å². The van der Waals surface area contributed by atoms with Crippen LogP contribution in [0, 0.1) is 12.8 Å². The number of carbonyl (C=O) groups is 5. The molecule has 6 rings (SSSR count). The second kappa shape index (κ2) is 14.1. The summed E-state index contributed by atoms with van der Waals surface area (Å²) in [5, 5.41) is 0.434. The molecule has 1 atom stereocenters. The van der Waals surface area contributed by atoms with Crippen molar-refractivity contribution in [1.82, 2.24) is 14.7 Å². The molecular formula is C39H37ClN4O5. The summed E-state index contributed by atoms with van der Waals surface area (Å²) in [5.41, 5.74) is 3.98. The number of imide groups is 1. The fourth-order valence-corrected chi connectivity index (χ4v) is 6.72. The molecule has 0 saturated heterocycles. The normalized spacial score (nSPS) is 14.6. The summed E-state index contributed by atoms with van der Waals surface area (Å²) in [6.07, 6.45) is -0.810. The number of aryl methyl sites for hydroxylation is 1. The highest BCUT2D eigenvalue weighted by molar-refractivity contribution is 6.31. The second-order valence-electron chi connectivity index (χ2n) is 12.8. The van der Waals surface area contributed by atoms with E-state index in [-0.39, 0.29) is 49.7 Å². The Labute approximate surface area is 290 Å². The number of hydrogen-bond donors (Lipinski definition) is 0. The Morgan fingerprint density at radius 1 is 0.796 bits per heavy atom. The van der Waals surface area contributed by atoms with Gasteiger partial charge in [0.05, 0.1) is 35.6 Å². The first-order chi connectivity index (χ1) is 23.5. The quantitative estimate of drug-likeness (QED) is 0.170. The number of carbonyl (C=O) groups excluding carboxylic acids is 5. The minimum atomic E-state index is -0.680. The standard InChI is InChI=1S/C39H37ClN4O5/c1-25(2)35(44-24-41(22-27-9-5-4-6-10-27)37(47)33-18-17-29(40)21-34(33)44)43(36(46)28-15-13-26(3)14-16-28)23-30(45)19-20-42-38(48)31-11-7-8-12-32(31)39(42)49/h4-18,21,25,35H,19-20,22-24H2,1-3H3. The van der Waals surface area contributed by atoms with Crippen LogP contribution in [0.2, 0.25) is 5.02 Å². The van der Waals surface area contributed by atoms with Crippen LogP contribution in [-0.4, -0.2) is 70.0 Å². The Bertz CT molecular complexity index is 1890. The lowest BCUT2D eigenvalue weighted by Crippen LogP contribution is -2.60. The van der Waals surface area contributed by atoms with Gasteiger partial charge in [-0.2, -0.15) is 0 Å². The average molecular weight is 677 g/mol. The number of nitrogens with zero attached hydrogens (tertiary/aromatic N) is 4. The van der Waals surface area contributed by atoms with Crippen molar-refractivity contribution in [3.05, 3.63) is 135 Å². The minimum absolute atomic E-state index is 0.106. The largest absolute Gasteiger partial charge is 0.332 e. The maximum atomic E-state index is 14.4. The van der Waals surface area contributed by atoms with Crippen molar-refractivity contribution in [1.29, 1.82) is 0 Å². The summed E-state index contributed by atoms with van der Waals surface area (Å²) in [7, 11) is 0. The number of benzene rings is 4. The molecule has 0 saturated carbocycles. The molecule has 250 valence electrons. The maximum absolute atomic E-state index is 14.4. The lowest BCUT2D eigenvalue weighted by Gasteiger charge is -2.48. The van der Waals surface area contributed by atoms with Crippen molar-refractivity contribution in [2.75, 3.05) is 24.7 Å². The molecule has 2 heterocycles. The molecule has 0 radical (unpaired) electrons. The Kier molecular flexibility index (Phi) is 9.65. The highest BCUT2D eigenvalue weighted by atomic mass is 35.5. The van der Waals surface area contributed by atoms with Crippen LogP contribution in [0.4, 0.5) is 5.69 Å². The third-order valence-corrected chi connectivity index (χ3v) is 9.19. The number of halogens is 1. The maximum Gasteiger partial charge on any atom is 0.261 e. The van der Waals surface area contributed by atoms with Crippen LogP contribution in [-0.2, 0) is 11.3 Å². The van der Waals surface area contributed by atoms with Crippen molar-refractivity contribution in [3.63, 3.8) is 0 Å². The fraction of sp³-hybridized carbons (Fsp3) is 0.256. The van der Waals surface area contributed by atoms with E-state index in [1.165, 1.54) is 0 Å². The van der Waals surface area contributed by atoms with Gasteiger partial charge >= 0.3 is 0 Å². The van der Waals surface area contributed by atoms with E-state index in [1.807, 2.05) is 68.1 Å².